The number of fused-ring (bicyclic) bond motifs is 5. The molecule has 0 aromatic heterocycles. The average Bonchev–Trinajstić information content (AvgIpc) is 3.35. The van der Waals surface area contributed by atoms with Crippen LogP contribution in [0.2, 0.25) is 0 Å². The molecule has 0 aliphatic heterocycles. The van der Waals surface area contributed by atoms with Crippen molar-refractivity contribution in [2.24, 2.45) is 52.3 Å². The fourth-order valence-corrected chi connectivity index (χ4v) is 11.5. The van der Waals surface area contributed by atoms with Crippen LogP contribution in [-0.4, -0.2) is 39.4 Å². The van der Waals surface area contributed by atoms with Crippen LogP contribution in [0, 0.1) is 52.3 Å². The Morgan fingerprint density at radius 2 is 1.48 bits per heavy atom. The van der Waals surface area contributed by atoms with Gasteiger partial charge in [0.2, 0.25) is 0 Å². The molecule has 0 amide bonds. The van der Waals surface area contributed by atoms with E-state index in [-0.39, 0.29) is 0 Å². The van der Waals surface area contributed by atoms with E-state index in [0.29, 0.717) is 10.8 Å². The van der Waals surface area contributed by atoms with Gasteiger partial charge < -0.3 is 15.4 Å². The summed E-state index contributed by atoms with van der Waals surface area (Å²) in [6, 6.07) is 0.764. The van der Waals surface area contributed by atoms with E-state index in [9.17, 15) is 0 Å². The van der Waals surface area contributed by atoms with Crippen molar-refractivity contribution in [2.45, 2.75) is 163 Å². The van der Waals surface area contributed by atoms with Crippen molar-refractivity contribution in [2.75, 3.05) is 33.4 Å². The molecule has 4 aliphatic carbocycles. The Balaban J connectivity index is 1.13. The van der Waals surface area contributed by atoms with Gasteiger partial charge in [-0.3, -0.25) is 0 Å². The fraction of sp³-hybridized carbons (Fsp3) is 0.951. The third-order valence-electron chi connectivity index (χ3n) is 14.1. The first-order chi connectivity index (χ1) is 21.2. The minimum absolute atomic E-state index is 0.612. The molecule has 0 spiro atoms. The van der Waals surface area contributed by atoms with Gasteiger partial charge in [0.05, 0.1) is 0 Å². The number of ether oxygens (including phenoxy) is 1. The summed E-state index contributed by atoms with van der Waals surface area (Å²) in [6.45, 7) is 21.6. The summed E-state index contributed by atoms with van der Waals surface area (Å²) in [7, 11) is 1.78. The SMILES string of the molecule is C=C(CCCCNCCCOC)CCCCN[C@H]1CC[C@]2(C)C3CC[C@@]4(C)C(CC[C@@H]4C(C)CCCC(C)C)C3CC[C@H]2C1. The minimum Gasteiger partial charge on any atom is -0.385 e. The first kappa shape index (κ1) is 36.5. The summed E-state index contributed by atoms with van der Waals surface area (Å²) in [5.74, 6) is 6.79. The van der Waals surface area contributed by atoms with Gasteiger partial charge in [-0.1, -0.05) is 66.0 Å². The minimum atomic E-state index is 0.612. The van der Waals surface area contributed by atoms with Crippen LogP contribution in [0.5, 0.6) is 0 Å². The van der Waals surface area contributed by atoms with Gasteiger partial charge >= 0.3 is 0 Å². The summed E-state index contributed by atoms with van der Waals surface area (Å²) in [5.41, 5.74) is 2.71. The van der Waals surface area contributed by atoms with Gasteiger partial charge in [0.25, 0.3) is 0 Å². The predicted molar refractivity (Wildman–Crippen MR) is 191 cm³/mol. The van der Waals surface area contributed by atoms with Gasteiger partial charge in [-0.2, -0.15) is 0 Å². The van der Waals surface area contributed by atoms with Crippen molar-refractivity contribution >= 4 is 0 Å². The van der Waals surface area contributed by atoms with E-state index in [1.165, 1.54) is 115 Å². The first-order valence-electron chi connectivity index (χ1n) is 19.8. The molecule has 256 valence electrons. The van der Waals surface area contributed by atoms with Crippen LogP contribution in [-0.2, 0) is 4.74 Å². The van der Waals surface area contributed by atoms with E-state index in [1.54, 1.807) is 20.0 Å². The molecule has 9 atom stereocenters. The van der Waals surface area contributed by atoms with Crippen molar-refractivity contribution in [3.05, 3.63) is 12.2 Å². The first-order valence-corrected chi connectivity index (χ1v) is 19.8. The van der Waals surface area contributed by atoms with Crippen LogP contribution in [0.4, 0.5) is 0 Å². The Hall–Kier alpha value is -0.380. The van der Waals surface area contributed by atoms with Crippen LogP contribution in [0.1, 0.15) is 157 Å². The van der Waals surface area contributed by atoms with Crippen molar-refractivity contribution < 1.29 is 4.74 Å². The van der Waals surface area contributed by atoms with Crippen molar-refractivity contribution in [1.29, 1.82) is 0 Å². The fourth-order valence-electron chi connectivity index (χ4n) is 11.5. The number of hydrogen-bond acceptors (Lipinski definition) is 3. The molecule has 0 heterocycles. The number of unbranched alkanes of at least 4 members (excludes halogenated alkanes) is 2. The highest BCUT2D eigenvalue weighted by molar-refractivity contribution is 5.10. The van der Waals surface area contributed by atoms with E-state index < -0.39 is 0 Å². The zero-order chi connectivity index (χ0) is 31.6. The molecule has 0 radical (unpaired) electrons. The Kier molecular flexibility index (Phi) is 14.6. The van der Waals surface area contributed by atoms with Gasteiger partial charge in [0.1, 0.15) is 0 Å². The van der Waals surface area contributed by atoms with E-state index in [0.717, 1.165) is 73.6 Å². The van der Waals surface area contributed by atoms with Crippen LogP contribution >= 0.6 is 0 Å². The maximum atomic E-state index is 5.11. The zero-order valence-electron chi connectivity index (χ0n) is 30.5. The third-order valence-corrected chi connectivity index (χ3v) is 14.1. The summed E-state index contributed by atoms with van der Waals surface area (Å²) in [6.07, 6.45) is 26.5. The highest BCUT2D eigenvalue weighted by atomic mass is 16.5. The molecule has 4 aliphatic rings. The zero-order valence-corrected chi connectivity index (χ0v) is 30.5. The lowest BCUT2D eigenvalue weighted by Crippen LogP contribution is -2.55. The lowest BCUT2D eigenvalue weighted by molar-refractivity contribution is -0.118. The second-order valence-corrected chi connectivity index (χ2v) is 17.4. The average molecular weight is 613 g/mol. The van der Waals surface area contributed by atoms with Crippen molar-refractivity contribution in [3.8, 4) is 0 Å². The molecule has 0 aromatic carbocycles. The molecule has 3 nitrogen and oxygen atoms in total. The number of methoxy groups -OCH3 is 1. The van der Waals surface area contributed by atoms with Gasteiger partial charge in [0.15, 0.2) is 0 Å². The van der Waals surface area contributed by atoms with Gasteiger partial charge in [-0.15, -0.1) is 0 Å². The lowest BCUT2D eigenvalue weighted by atomic mass is 9.44. The summed E-state index contributed by atoms with van der Waals surface area (Å²) in [4.78, 5) is 0. The quantitative estimate of drug-likeness (QED) is 0.106. The van der Waals surface area contributed by atoms with E-state index in [4.69, 9.17) is 4.74 Å². The van der Waals surface area contributed by atoms with Gasteiger partial charge in [-0.05, 0) is 175 Å². The summed E-state index contributed by atoms with van der Waals surface area (Å²) >= 11 is 0. The van der Waals surface area contributed by atoms with Gasteiger partial charge in [0, 0.05) is 19.8 Å². The predicted octanol–water partition coefficient (Wildman–Crippen LogP) is 10.6. The molecule has 4 fully saturated rings. The number of hydrogen-bond donors (Lipinski definition) is 2. The summed E-state index contributed by atoms with van der Waals surface area (Å²) < 4.78 is 5.11. The van der Waals surface area contributed by atoms with E-state index in [2.05, 4.69) is 51.8 Å². The molecule has 4 saturated carbocycles. The second-order valence-electron chi connectivity index (χ2n) is 17.4. The maximum Gasteiger partial charge on any atom is 0.0474 e. The van der Waals surface area contributed by atoms with Crippen molar-refractivity contribution in [3.63, 3.8) is 0 Å². The highest BCUT2D eigenvalue weighted by Crippen LogP contribution is 2.68. The Bertz CT molecular complexity index is 840. The molecule has 0 bridgehead atoms. The molecule has 44 heavy (non-hydrogen) atoms. The Morgan fingerprint density at radius 1 is 0.773 bits per heavy atom. The molecular formula is C41H76N2O. The smallest absolute Gasteiger partial charge is 0.0474 e. The Labute approximate surface area is 275 Å². The van der Waals surface area contributed by atoms with Crippen LogP contribution < -0.4 is 10.6 Å². The third kappa shape index (κ3) is 9.37. The maximum absolute atomic E-state index is 5.11. The van der Waals surface area contributed by atoms with Crippen LogP contribution in [0.3, 0.4) is 0 Å². The lowest BCUT2D eigenvalue weighted by Gasteiger charge is -2.61. The van der Waals surface area contributed by atoms with E-state index >= 15 is 0 Å². The monoisotopic (exact) mass is 613 g/mol. The largest absolute Gasteiger partial charge is 0.385 e. The molecule has 4 unspecified atom stereocenters. The molecule has 0 saturated heterocycles. The molecular weight excluding hydrogens is 536 g/mol. The molecule has 2 N–H and O–H groups in total. The number of rotatable bonds is 20. The topological polar surface area (TPSA) is 33.3 Å². The Morgan fingerprint density at radius 3 is 2.23 bits per heavy atom. The number of allylic oxidation sites excluding steroid dienone is 1. The van der Waals surface area contributed by atoms with E-state index in [1.807, 2.05) is 0 Å². The number of nitrogens with one attached hydrogen (secondary N) is 2. The van der Waals surface area contributed by atoms with Crippen molar-refractivity contribution in [1.82, 2.24) is 10.6 Å². The highest BCUT2D eigenvalue weighted by Gasteiger charge is 2.60. The normalized spacial score (nSPS) is 35.7. The van der Waals surface area contributed by atoms with Crippen LogP contribution in [0.25, 0.3) is 0 Å². The second kappa shape index (κ2) is 17.7. The van der Waals surface area contributed by atoms with Crippen LogP contribution in [0.15, 0.2) is 12.2 Å². The molecule has 3 heteroatoms. The summed E-state index contributed by atoms with van der Waals surface area (Å²) in [5, 5.41) is 7.56. The molecule has 4 rings (SSSR count). The van der Waals surface area contributed by atoms with Gasteiger partial charge in [-0.25, -0.2) is 0 Å². The molecule has 0 aromatic rings. The standard InChI is InChI=1S/C41H76N2O/c1-31(2)14-12-17-33(4)37-20-21-38-36-19-18-34-30-35(22-24-40(34,5)39(36)23-25-41(37,38)6)43-28-11-9-16-32(3)15-8-10-26-42-27-13-29-44-7/h31,33-39,42-43H,3,8-30H2,1-2,4-7H3/t33?,34-,35-,36?,37+,38?,39?,40-,41+/m0/s1.